The van der Waals surface area contributed by atoms with Crippen LogP contribution in [-0.4, -0.2) is 9.97 Å². The zero-order valence-corrected chi connectivity index (χ0v) is 16.6. The zero-order valence-electron chi connectivity index (χ0n) is 16.6. The Hall–Kier alpha value is -4.04. The zero-order chi connectivity index (χ0) is 20.4. The molecule has 0 radical (unpaired) electrons. The Labute approximate surface area is 177 Å². The average molecular weight is 386 g/mol. The molecule has 0 atom stereocenters. The fraction of sp³-hybridized carbons (Fsp3) is 0. The third kappa shape index (κ3) is 5.06. The summed E-state index contributed by atoms with van der Waals surface area (Å²) in [5, 5.41) is 0. The molecule has 1 aromatic heterocycles. The van der Waals surface area contributed by atoms with Crippen molar-refractivity contribution in [1.29, 1.82) is 0 Å². The van der Waals surface area contributed by atoms with Crippen molar-refractivity contribution < 1.29 is 0 Å². The van der Waals surface area contributed by atoms with Crippen molar-refractivity contribution >= 4 is 0 Å². The second-order valence-corrected chi connectivity index (χ2v) is 6.80. The van der Waals surface area contributed by atoms with Crippen molar-refractivity contribution in [2.75, 3.05) is 0 Å². The summed E-state index contributed by atoms with van der Waals surface area (Å²) in [5.41, 5.74) is 7.47. The number of nitrogens with zero attached hydrogens (tertiary/aromatic N) is 2. The Morgan fingerprint density at radius 1 is 0.333 bits per heavy atom. The van der Waals surface area contributed by atoms with Gasteiger partial charge in [0.15, 0.2) is 0 Å². The lowest BCUT2D eigenvalue weighted by Crippen LogP contribution is -1.85. The van der Waals surface area contributed by atoms with Gasteiger partial charge in [-0.1, -0.05) is 91.0 Å². The number of benzene rings is 4. The van der Waals surface area contributed by atoms with E-state index in [1.54, 1.807) is 18.5 Å². The number of hydrogen-bond donors (Lipinski definition) is 0. The Balaban J connectivity index is 0.000000313. The van der Waals surface area contributed by atoms with Crippen molar-refractivity contribution in [3.05, 3.63) is 134 Å². The van der Waals surface area contributed by atoms with E-state index in [1.807, 2.05) is 0 Å². The van der Waals surface area contributed by atoms with Crippen LogP contribution < -0.4 is 0 Å². The Bertz CT molecular complexity index is 990. The molecule has 144 valence electrons. The summed E-state index contributed by atoms with van der Waals surface area (Å²) < 4.78 is 0. The maximum absolute atomic E-state index is 3.67. The van der Waals surface area contributed by atoms with Gasteiger partial charge >= 0.3 is 0 Å². The molecular formula is C28H22N2. The van der Waals surface area contributed by atoms with Gasteiger partial charge in [-0.15, -0.1) is 0 Å². The predicted octanol–water partition coefficient (Wildman–Crippen LogP) is 7.16. The van der Waals surface area contributed by atoms with Crippen LogP contribution in [0.4, 0.5) is 0 Å². The van der Waals surface area contributed by atoms with Gasteiger partial charge in [0.1, 0.15) is 6.33 Å². The van der Waals surface area contributed by atoms with Crippen LogP contribution in [0.2, 0.25) is 0 Å². The lowest BCUT2D eigenvalue weighted by Gasteiger charge is -2.11. The Morgan fingerprint density at radius 2 is 0.667 bits per heavy atom. The highest BCUT2D eigenvalue weighted by molar-refractivity contribution is 5.81. The molecule has 0 N–H and O–H groups in total. The van der Waals surface area contributed by atoms with Crippen molar-refractivity contribution in [2.45, 2.75) is 0 Å². The highest BCUT2D eigenvalue weighted by Gasteiger charge is 2.06. The van der Waals surface area contributed by atoms with Crippen molar-refractivity contribution in [1.82, 2.24) is 9.97 Å². The fourth-order valence-corrected chi connectivity index (χ4v) is 3.27. The van der Waals surface area contributed by atoms with Gasteiger partial charge in [-0.05, 0) is 57.6 Å². The molecule has 0 spiro atoms. The van der Waals surface area contributed by atoms with Crippen LogP contribution in [0, 0.1) is 0 Å². The van der Waals surface area contributed by atoms with E-state index in [2.05, 4.69) is 119 Å². The first kappa shape index (κ1) is 19.3. The quantitative estimate of drug-likeness (QED) is 0.329. The number of aromatic nitrogens is 2. The van der Waals surface area contributed by atoms with Gasteiger partial charge in [-0.2, -0.15) is 0 Å². The molecule has 0 saturated heterocycles. The monoisotopic (exact) mass is 386 g/mol. The minimum atomic E-state index is 1.24. The maximum Gasteiger partial charge on any atom is 0.115 e. The summed E-state index contributed by atoms with van der Waals surface area (Å²) >= 11 is 0. The summed E-state index contributed by atoms with van der Waals surface area (Å²) in [6.45, 7) is 0. The first-order valence-electron chi connectivity index (χ1n) is 9.91. The highest BCUT2D eigenvalue weighted by atomic mass is 14.8. The van der Waals surface area contributed by atoms with E-state index in [0.29, 0.717) is 0 Å². The molecule has 0 aliphatic heterocycles. The third-order valence-electron chi connectivity index (χ3n) is 4.73. The molecule has 0 amide bonds. The molecule has 0 fully saturated rings. The van der Waals surface area contributed by atoms with E-state index in [4.69, 9.17) is 0 Å². The molecule has 2 nitrogen and oxygen atoms in total. The van der Waals surface area contributed by atoms with E-state index in [9.17, 15) is 0 Å². The number of rotatable bonds is 3. The van der Waals surface area contributed by atoms with Gasteiger partial charge in [0.25, 0.3) is 0 Å². The van der Waals surface area contributed by atoms with E-state index < -0.39 is 0 Å². The van der Waals surface area contributed by atoms with Gasteiger partial charge in [-0.3, -0.25) is 0 Å². The first-order valence-corrected chi connectivity index (χ1v) is 9.91. The molecule has 2 heteroatoms. The molecule has 4 aromatic carbocycles. The molecular weight excluding hydrogens is 364 g/mol. The average Bonchev–Trinajstić information content (AvgIpc) is 2.87. The fourth-order valence-electron chi connectivity index (χ4n) is 3.27. The van der Waals surface area contributed by atoms with Crippen LogP contribution in [0.25, 0.3) is 33.4 Å². The normalized spacial score (nSPS) is 10.0. The highest BCUT2D eigenvalue weighted by Crippen LogP contribution is 2.32. The lowest BCUT2D eigenvalue weighted by molar-refractivity contribution is 1.17. The molecule has 5 aromatic rings. The standard InChI is InChI=1S/C24H18.C4H4N2/c1-4-10-19(11-5-1)22-16-23(20-12-6-2-7-13-20)18-24(17-22)21-14-8-3-9-15-21;1-2-5-4-6-3-1/h1-18H;1-4H. The van der Waals surface area contributed by atoms with Crippen LogP contribution in [0.15, 0.2) is 134 Å². The molecule has 1 heterocycles. The molecule has 0 aliphatic carbocycles. The van der Waals surface area contributed by atoms with E-state index in [0.717, 1.165) is 0 Å². The summed E-state index contributed by atoms with van der Waals surface area (Å²) in [5.74, 6) is 0. The molecule has 0 aliphatic rings. The van der Waals surface area contributed by atoms with Crippen molar-refractivity contribution in [3.8, 4) is 33.4 Å². The van der Waals surface area contributed by atoms with Crippen LogP contribution in [0.5, 0.6) is 0 Å². The van der Waals surface area contributed by atoms with E-state index >= 15 is 0 Å². The second kappa shape index (κ2) is 9.94. The Kier molecular flexibility index (Phi) is 6.39. The molecule has 0 bridgehead atoms. The Morgan fingerprint density at radius 3 is 0.900 bits per heavy atom. The smallest absolute Gasteiger partial charge is 0.115 e. The van der Waals surface area contributed by atoms with Gasteiger partial charge in [0.2, 0.25) is 0 Å². The lowest BCUT2D eigenvalue weighted by atomic mass is 9.93. The summed E-state index contributed by atoms with van der Waals surface area (Å²) in [7, 11) is 0. The van der Waals surface area contributed by atoms with Gasteiger partial charge < -0.3 is 0 Å². The minimum Gasteiger partial charge on any atom is -0.245 e. The van der Waals surface area contributed by atoms with Crippen LogP contribution >= 0.6 is 0 Å². The molecule has 5 rings (SSSR count). The summed E-state index contributed by atoms with van der Waals surface area (Å²) in [6, 6.07) is 40.3. The van der Waals surface area contributed by atoms with Gasteiger partial charge in [0.05, 0.1) is 0 Å². The third-order valence-corrected chi connectivity index (χ3v) is 4.73. The number of hydrogen-bond acceptors (Lipinski definition) is 2. The minimum absolute atomic E-state index is 1.24. The molecule has 0 saturated carbocycles. The van der Waals surface area contributed by atoms with Crippen LogP contribution in [0.3, 0.4) is 0 Å². The summed E-state index contributed by atoms with van der Waals surface area (Å²) in [6.07, 6.45) is 4.88. The first-order chi connectivity index (χ1) is 14.9. The van der Waals surface area contributed by atoms with Crippen molar-refractivity contribution in [3.63, 3.8) is 0 Å². The van der Waals surface area contributed by atoms with Crippen LogP contribution in [0.1, 0.15) is 0 Å². The SMILES string of the molecule is c1ccc(-c2cc(-c3ccccc3)cc(-c3ccccc3)c2)cc1.c1cncnc1. The molecule has 0 unspecified atom stereocenters. The van der Waals surface area contributed by atoms with Gasteiger partial charge in [-0.25, -0.2) is 9.97 Å². The van der Waals surface area contributed by atoms with Gasteiger partial charge in [0, 0.05) is 12.4 Å². The predicted molar refractivity (Wildman–Crippen MR) is 125 cm³/mol. The largest absolute Gasteiger partial charge is 0.245 e. The topological polar surface area (TPSA) is 25.8 Å². The van der Waals surface area contributed by atoms with E-state index in [1.165, 1.54) is 39.7 Å². The van der Waals surface area contributed by atoms with Crippen LogP contribution in [-0.2, 0) is 0 Å². The molecule has 30 heavy (non-hydrogen) atoms. The van der Waals surface area contributed by atoms with E-state index in [-0.39, 0.29) is 0 Å². The second-order valence-electron chi connectivity index (χ2n) is 6.80. The maximum atomic E-state index is 3.67. The van der Waals surface area contributed by atoms with Crippen molar-refractivity contribution in [2.24, 2.45) is 0 Å². The summed E-state index contributed by atoms with van der Waals surface area (Å²) in [4.78, 5) is 7.35.